The van der Waals surface area contributed by atoms with Gasteiger partial charge in [-0.1, -0.05) is 35.9 Å². The molecule has 7 heteroatoms. The molecule has 2 aromatic heterocycles. The van der Waals surface area contributed by atoms with Gasteiger partial charge in [0, 0.05) is 17.1 Å². The van der Waals surface area contributed by atoms with E-state index in [0.717, 1.165) is 22.7 Å². The molecule has 0 saturated carbocycles. The second-order valence-corrected chi connectivity index (χ2v) is 7.05. The van der Waals surface area contributed by atoms with Gasteiger partial charge in [-0.3, -0.25) is 9.36 Å². The van der Waals surface area contributed by atoms with Crippen molar-refractivity contribution in [2.24, 2.45) is 0 Å². The van der Waals surface area contributed by atoms with Gasteiger partial charge in [-0.25, -0.2) is 9.37 Å². The lowest BCUT2D eigenvalue weighted by molar-refractivity contribution is 0.619. The van der Waals surface area contributed by atoms with Gasteiger partial charge in [-0.2, -0.15) is 4.37 Å². The van der Waals surface area contributed by atoms with Crippen LogP contribution in [0.15, 0.2) is 59.7 Å². The number of hydrogen-bond acceptors (Lipinski definition) is 4. The maximum absolute atomic E-state index is 13.3. The van der Waals surface area contributed by atoms with Gasteiger partial charge in [0.15, 0.2) is 0 Å². The predicted octanol–water partition coefficient (Wildman–Crippen LogP) is 4.56. The maximum Gasteiger partial charge on any atom is 0.272 e. The summed E-state index contributed by atoms with van der Waals surface area (Å²) in [7, 11) is 0. The van der Waals surface area contributed by atoms with Crippen LogP contribution in [0.5, 0.6) is 0 Å². The minimum absolute atomic E-state index is 0.135. The Bertz CT molecular complexity index is 1140. The van der Waals surface area contributed by atoms with Crippen molar-refractivity contribution in [2.75, 3.05) is 0 Å². The molecule has 0 aliphatic carbocycles. The molecular formula is C19H13ClFN3OS. The van der Waals surface area contributed by atoms with Crippen LogP contribution >= 0.6 is 23.1 Å². The van der Waals surface area contributed by atoms with Gasteiger partial charge in [-0.05, 0) is 47.8 Å². The number of aromatic nitrogens is 3. The highest BCUT2D eigenvalue weighted by Crippen LogP contribution is 2.28. The van der Waals surface area contributed by atoms with Gasteiger partial charge < -0.3 is 0 Å². The molecule has 2 heterocycles. The lowest BCUT2D eigenvalue weighted by atomic mass is 10.1. The van der Waals surface area contributed by atoms with Crippen LogP contribution in [0.25, 0.3) is 21.5 Å². The molecule has 0 atom stereocenters. The Kier molecular flexibility index (Phi) is 4.53. The molecule has 0 saturated heterocycles. The van der Waals surface area contributed by atoms with Gasteiger partial charge >= 0.3 is 0 Å². The topological polar surface area (TPSA) is 47.8 Å². The van der Waals surface area contributed by atoms with Gasteiger partial charge in [0.05, 0.1) is 6.33 Å². The molecule has 0 bridgehead atoms. The summed E-state index contributed by atoms with van der Waals surface area (Å²) < 4.78 is 19.7. The minimum atomic E-state index is -0.279. The van der Waals surface area contributed by atoms with Crippen molar-refractivity contribution in [3.05, 3.63) is 81.6 Å². The average Bonchev–Trinajstić information content (AvgIpc) is 3.07. The van der Waals surface area contributed by atoms with Crippen molar-refractivity contribution in [1.29, 1.82) is 0 Å². The van der Waals surface area contributed by atoms with E-state index in [1.165, 1.54) is 23.0 Å². The van der Waals surface area contributed by atoms with Crippen molar-refractivity contribution in [3.63, 3.8) is 0 Å². The Labute approximate surface area is 157 Å². The summed E-state index contributed by atoms with van der Waals surface area (Å²) in [5, 5.41) is 0.640. The first-order valence-electron chi connectivity index (χ1n) is 7.97. The summed E-state index contributed by atoms with van der Waals surface area (Å²) in [4.78, 5) is 17.1. The maximum atomic E-state index is 13.3. The first kappa shape index (κ1) is 16.9. The largest absolute Gasteiger partial charge is 0.298 e. The summed E-state index contributed by atoms with van der Waals surface area (Å²) in [5.74, 6) is -0.279. The highest BCUT2D eigenvalue weighted by molar-refractivity contribution is 7.13. The fourth-order valence-electron chi connectivity index (χ4n) is 2.75. The Morgan fingerprint density at radius 1 is 1.15 bits per heavy atom. The molecule has 0 unspecified atom stereocenters. The lowest BCUT2D eigenvalue weighted by Crippen LogP contribution is -2.20. The third-order valence-electron chi connectivity index (χ3n) is 4.10. The second-order valence-electron chi connectivity index (χ2n) is 5.84. The van der Waals surface area contributed by atoms with E-state index in [9.17, 15) is 9.18 Å². The van der Waals surface area contributed by atoms with Crippen LogP contribution in [0.2, 0.25) is 5.02 Å². The smallest absolute Gasteiger partial charge is 0.272 e. The van der Waals surface area contributed by atoms with Crippen LogP contribution in [-0.4, -0.2) is 13.9 Å². The zero-order valence-electron chi connectivity index (χ0n) is 13.5. The Morgan fingerprint density at radius 2 is 1.96 bits per heavy atom. The number of halogens is 2. The highest BCUT2D eigenvalue weighted by Gasteiger charge is 2.14. The van der Waals surface area contributed by atoms with Crippen LogP contribution in [0, 0.1) is 5.82 Å². The molecule has 0 radical (unpaired) electrons. The van der Waals surface area contributed by atoms with Crippen molar-refractivity contribution in [1.82, 2.24) is 13.9 Å². The van der Waals surface area contributed by atoms with Gasteiger partial charge in [0.2, 0.25) is 0 Å². The van der Waals surface area contributed by atoms with Gasteiger partial charge in [-0.15, -0.1) is 0 Å². The number of aryl methyl sites for hydroxylation is 2. The SMILES string of the molecule is O=c1c2snc(-c3ccc(Cl)cc3)c2ncn1CCc1cccc(F)c1. The molecule has 0 aliphatic rings. The van der Waals surface area contributed by atoms with Crippen LogP contribution < -0.4 is 5.56 Å². The fourth-order valence-corrected chi connectivity index (χ4v) is 3.69. The Balaban J connectivity index is 1.65. The van der Waals surface area contributed by atoms with E-state index in [-0.39, 0.29) is 11.4 Å². The van der Waals surface area contributed by atoms with Gasteiger partial charge in [0.25, 0.3) is 5.56 Å². The predicted molar refractivity (Wildman–Crippen MR) is 102 cm³/mol. The molecule has 0 amide bonds. The normalized spacial score (nSPS) is 11.2. The third kappa shape index (κ3) is 3.25. The molecule has 4 rings (SSSR count). The van der Waals surface area contributed by atoms with E-state index in [4.69, 9.17) is 11.6 Å². The van der Waals surface area contributed by atoms with E-state index < -0.39 is 0 Å². The molecule has 130 valence electrons. The van der Waals surface area contributed by atoms with Gasteiger partial charge in [0.1, 0.15) is 21.7 Å². The van der Waals surface area contributed by atoms with Crippen LogP contribution in [0.1, 0.15) is 5.56 Å². The number of fused-ring (bicyclic) bond motifs is 1. The summed E-state index contributed by atoms with van der Waals surface area (Å²) in [6, 6.07) is 13.6. The molecule has 0 fully saturated rings. The number of hydrogen-bond donors (Lipinski definition) is 0. The summed E-state index contributed by atoms with van der Waals surface area (Å²) >= 11 is 7.06. The van der Waals surface area contributed by atoms with Crippen molar-refractivity contribution in [3.8, 4) is 11.3 Å². The molecule has 4 aromatic rings. The highest BCUT2D eigenvalue weighted by atomic mass is 35.5. The van der Waals surface area contributed by atoms with E-state index in [2.05, 4.69) is 9.36 Å². The number of nitrogens with zero attached hydrogens (tertiary/aromatic N) is 3. The van der Waals surface area contributed by atoms with E-state index >= 15 is 0 Å². The van der Waals surface area contributed by atoms with Crippen molar-refractivity contribution >= 4 is 33.4 Å². The first-order chi connectivity index (χ1) is 12.6. The van der Waals surface area contributed by atoms with E-state index in [0.29, 0.717) is 33.9 Å². The lowest BCUT2D eigenvalue weighted by Gasteiger charge is -2.05. The molecule has 2 aromatic carbocycles. The minimum Gasteiger partial charge on any atom is -0.298 e. The number of benzene rings is 2. The summed E-state index contributed by atoms with van der Waals surface area (Å²) in [6.45, 7) is 0.430. The molecular weight excluding hydrogens is 373 g/mol. The first-order valence-corrected chi connectivity index (χ1v) is 9.12. The average molecular weight is 386 g/mol. The Hall–Kier alpha value is -2.57. The van der Waals surface area contributed by atoms with E-state index in [1.54, 1.807) is 18.2 Å². The summed E-state index contributed by atoms with van der Waals surface area (Å²) in [5.41, 5.74) is 2.83. The molecule has 0 N–H and O–H groups in total. The van der Waals surface area contributed by atoms with Crippen molar-refractivity contribution < 1.29 is 4.39 Å². The molecule has 26 heavy (non-hydrogen) atoms. The Morgan fingerprint density at radius 3 is 2.73 bits per heavy atom. The van der Waals surface area contributed by atoms with Crippen LogP contribution in [0.3, 0.4) is 0 Å². The number of rotatable bonds is 4. The quantitative estimate of drug-likeness (QED) is 0.517. The van der Waals surface area contributed by atoms with Crippen molar-refractivity contribution in [2.45, 2.75) is 13.0 Å². The van der Waals surface area contributed by atoms with E-state index in [1.807, 2.05) is 18.2 Å². The zero-order chi connectivity index (χ0) is 18.1. The third-order valence-corrected chi connectivity index (χ3v) is 5.17. The zero-order valence-corrected chi connectivity index (χ0v) is 15.1. The standard InChI is InChI=1S/C19H13ClFN3OS/c20-14-6-4-13(5-7-14)16-17-18(26-23-16)19(25)24(11-22-17)9-8-12-2-1-3-15(21)10-12/h1-7,10-11H,8-9H2. The molecule has 0 aliphatic heterocycles. The van der Waals surface area contributed by atoms with Crippen LogP contribution in [-0.2, 0) is 13.0 Å². The monoisotopic (exact) mass is 385 g/mol. The summed E-state index contributed by atoms with van der Waals surface area (Å²) in [6.07, 6.45) is 2.07. The molecule has 0 spiro atoms. The second kappa shape index (κ2) is 6.97. The fraction of sp³-hybridized carbons (Fsp3) is 0.105. The molecule has 4 nitrogen and oxygen atoms in total. The van der Waals surface area contributed by atoms with Crippen LogP contribution in [0.4, 0.5) is 4.39 Å².